The zero-order chi connectivity index (χ0) is 14.1. The smallest absolute Gasteiger partial charge is 0.124 e. The summed E-state index contributed by atoms with van der Waals surface area (Å²) in [7, 11) is 4.86. The van der Waals surface area contributed by atoms with E-state index in [1.165, 1.54) is 0 Å². The fourth-order valence-electron chi connectivity index (χ4n) is 1.79. The number of methoxy groups -OCH3 is 3. The molecule has 5 nitrogen and oxygen atoms in total. The second-order valence-corrected chi connectivity index (χ2v) is 4.17. The maximum atomic E-state index is 10.2. The normalized spacial score (nSPS) is 12.2. The zero-order valence-corrected chi connectivity index (χ0v) is 11.8. The Kier molecular flexibility index (Phi) is 7.25. The first-order valence-corrected chi connectivity index (χ1v) is 6.32. The molecule has 0 aliphatic rings. The Labute approximate surface area is 114 Å². The molecule has 1 aromatic rings. The van der Waals surface area contributed by atoms with Crippen molar-refractivity contribution in [1.29, 1.82) is 0 Å². The highest BCUT2D eigenvalue weighted by atomic mass is 16.5. The summed E-state index contributed by atoms with van der Waals surface area (Å²) in [5.74, 6) is 1.36. The van der Waals surface area contributed by atoms with Crippen molar-refractivity contribution in [2.75, 3.05) is 41.0 Å². The number of ether oxygens (including phenoxy) is 3. The fourth-order valence-corrected chi connectivity index (χ4v) is 1.79. The van der Waals surface area contributed by atoms with Crippen LogP contribution in [0, 0.1) is 0 Å². The topological polar surface area (TPSA) is 60.0 Å². The molecule has 0 radical (unpaired) electrons. The molecule has 0 heterocycles. The van der Waals surface area contributed by atoms with Crippen molar-refractivity contribution in [1.82, 2.24) is 5.32 Å². The third-order valence-corrected chi connectivity index (χ3v) is 2.84. The van der Waals surface area contributed by atoms with Crippen molar-refractivity contribution in [2.24, 2.45) is 0 Å². The Morgan fingerprint density at radius 2 is 2.00 bits per heavy atom. The molecular weight excluding hydrogens is 246 g/mol. The van der Waals surface area contributed by atoms with Crippen molar-refractivity contribution in [2.45, 2.75) is 12.5 Å². The van der Waals surface area contributed by atoms with Crippen LogP contribution >= 0.6 is 0 Å². The third-order valence-electron chi connectivity index (χ3n) is 2.84. The fraction of sp³-hybridized carbons (Fsp3) is 0.571. The molecule has 5 heteroatoms. The second-order valence-electron chi connectivity index (χ2n) is 4.17. The van der Waals surface area contributed by atoms with Crippen LogP contribution in [0.2, 0.25) is 0 Å². The van der Waals surface area contributed by atoms with Crippen LogP contribution < -0.4 is 14.8 Å². The first-order valence-electron chi connectivity index (χ1n) is 6.32. The van der Waals surface area contributed by atoms with Crippen molar-refractivity contribution >= 4 is 0 Å². The van der Waals surface area contributed by atoms with Gasteiger partial charge in [-0.05, 0) is 31.2 Å². The van der Waals surface area contributed by atoms with Crippen molar-refractivity contribution in [3.8, 4) is 11.5 Å². The van der Waals surface area contributed by atoms with E-state index in [4.69, 9.17) is 14.2 Å². The van der Waals surface area contributed by atoms with Gasteiger partial charge in [0.1, 0.15) is 11.5 Å². The molecule has 1 atom stereocenters. The van der Waals surface area contributed by atoms with Gasteiger partial charge in [-0.1, -0.05) is 0 Å². The molecule has 0 bridgehead atoms. The third kappa shape index (κ3) is 5.06. The van der Waals surface area contributed by atoms with Crippen LogP contribution in [0.15, 0.2) is 18.2 Å². The molecule has 108 valence electrons. The number of benzene rings is 1. The van der Waals surface area contributed by atoms with E-state index in [0.717, 1.165) is 18.5 Å². The van der Waals surface area contributed by atoms with Crippen LogP contribution in [0.25, 0.3) is 0 Å². The molecule has 0 amide bonds. The molecule has 1 aromatic carbocycles. The van der Waals surface area contributed by atoms with Crippen LogP contribution in [0.5, 0.6) is 11.5 Å². The van der Waals surface area contributed by atoms with Crippen LogP contribution in [0.1, 0.15) is 18.1 Å². The van der Waals surface area contributed by atoms with Gasteiger partial charge < -0.3 is 24.6 Å². The van der Waals surface area contributed by atoms with E-state index < -0.39 is 6.10 Å². The second kappa shape index (κ2) is 8.74. The summed E-state index contributed by atoms with van der Waals surface area (Å²) >= 11 is 0. The van der Waals surface area contributed by atoms with E-state index in [2.05, 4.69) is 5.32 Å². The minimum absolute atomic E-state index is 0.466. The van der Waals surface area contributed by atoms with Crippen LogP contribution in [0.4, 0.5) is 0 Å². The number of aliphatic hydroxyl groups is 1. The highest BCUT2D eigenvalue weighted by molar-refractivity contribution is 5.41. The quantitative estimate of drug-likeness (QED) is 0.663. The average Bonchev–Trinajstić information content (AvgIpc) is 2.46. The Hall–Kier alpha value is -1.30. The molecular formula is C14H23NO4. The lowest BCUT2D eigenvalue weighted by Gasteiger charge is -2.16. The number of hydrogen-bond donors (Lipinski definition) is 2. The Morgan fingerprint density at radius 1 is 1.21 bits per heavy atom. The van der Waals surface area contributed by atoms with Crippen LogP contribution in [-0.4, -0.2) is 46.1 Å². The standard InChI is InChI=1S/C14H23NO4/c1-17-8-4-7-15-10-13(16)12-9-11(18-2)5-6-14(12)19-3/h5-6,9,13,15-16H,4,7-8,10H2,1-3H3. The largest absolute Gasteiger partial charge is 0.497 e. The molecule has 0 aliphatic carbocycles. The van der Waals surface area contributed by atoms with E-state index in [0.29, 0.717) is 24.7 Å². The molecule has 0 spiro atoms. The van der Waals surface area contributed by atoms with Gasteiger partial charge in [-0.3, -0.25) is 0 Å². The molecule has 0 aromatic heterocycles. The molecule has 1 unspecified atom stereocenters. The van der Waals surface area contributed by atoms with Gasteiger partial charge >= 0.3 is 0 Å². The molecule has 19 heavy (non-hydrogen) atoms. The summed E-state index contributed by atoms with van der Waals surface area (Å²) in [6.07, 6.45) is 0.283. The predicted octanol–water partition coefficient (Wildman–Crippen LogP) is 1.36. The molecule has 2 N–H and O–H groups in total. The van der Waals surface area contributed by atoms with Gasteiger partial charge in [0, 0.05) is 25.8 Å². The van der Waals surface area contributed by atoms with Gasteiger partial charge in [0.15, 0.2) is 0 Å². The lowest BCUT2D eigenvalue weighted by molar-refractivity contribution is 0.164. The molecule has 0 saturated heterocycles. The summed E-state index contributed by atoms with van der Waals surface area (Å²) in [4.78, 5) is 0. The van der Waals surface area contributed by atoms with E-state index in [9.17, 15) is 5.11 Å². The number of hydrogen-bond acceptors (Lipinski definition) is 5. The first kappa shape index (κ1) is 15.8. The maximum absolute atomic E-state index is 10.2. The molecule has 0 aliphatic heterocycles. The van der Waals surface area contributed by atoms with Crippen molar-refractivity contribution in [3.05, 3.63) is 23.8 Å². The van der Waals surface area contributed by atoms with Gasteiger partial charge in [0.25, 0.3) is 0 Å². The Morgan fingerprint density at radius 3 is 2.63 bits per heavy atom. The minimum atomic E-state index is -0.632. The summed E-state index contributed by atoms with van der Waals surface area (Å²) in [6, 6.07) is 5.39. The van der Waals surface area contributed by atoms with E-state index in [1.54, 1.807) is 39.5 Å². The average molecular weight is 269 g/mol. The summed E-state index contributed by atoms with van der Waals surface area (Å²) in [5.41, 5.74) is 0.723. The minimum Gasteiger partial charge on any atom is -0.497 e. The van der Waals surface area contributed by atoms with Crippen LogP contribution in [-0.2, 0) is 4.74 Å². The van der Waals surface area contributed by atoms with Crippen LogP contribution in [0.3, 0.4) is 0 Å². The highest BCUT2D eigenvalue weighted by Gasteiger charge is 2.14. The van der Waals surface area contributed by atoms with Gasteiger partial charge in [0.2, 0.25) is 0 Å². The van der Waals surface area contributed by atoms with Crippen molar-refractivity contribution in [3.63, 3.8) is 0 Å². The highest BCUT2D eigenvalue weighted by Crippen LogP contribution is 2.28. The van der Waals surface area contributed by atoms with Gasteiger partial charge in [-0.15, -0.1) is 0 Å². The maximum Gasteiger partial charge on any atom is 0.124 e. The molecule has 1 rings (SSSR count). The SMILES string of the molecule is COCCCNCC(O)c1cc(OC)ccc1OC. The molecule has 0 fully saturated rings. The van der Waals surface area contributed by atoms with E-state index >= 15 is 0 Å². The molecule has 0 saturated carbocycles. The zero-order valence-electron chi connectivity index (χ0n) is 11.8. The van der Waals surface area contributed by atoms with Gasteiger partial charge in [-0.2, -0.15) is 0 Å². The summed E-state index contributed by atoms with van der Waals surface area (Å²) < 4.78 is 15.4. The monoisotopic (exact) mass is 269 g/mol. The lowest BCUT2D eigenvalue weighted by Crippen LogP contribution is -2.23. The van der Waals surface area contributed by atoms with E-state index in [1.807, 2.05) is 0 Å². The van der Waals surface area contributed by atoms with Gasteiger partial charge in [-0.25, -0.2) is 0 Å². The Bertz CT molecular complexity index is 370. The summed E-state index contributed by atoms with van der Waals surface area (Å²) in [6.45, 7) is 1.98. The Balaban J connectivity index is 2.56. The van der Waals surface area contributed by atoms with E-state index in [-0.39, 0.29) is 0 Å². The number of aliphatic hydroxyl groups excluding tert-OH is 1. The predicted molar refractivity (Wildman–Crippen MR) is 73.9 cm³/mol. The van der Waals surface area contributed by atoms with Gasteiger partial charge in [0.05, 0.1) is 20.3 Å². The number of rotatable bonds is 9. The lowest BCUT2D eigenvalue weighted by atomic mass is 10.1. The summed E-state index contributed by atoms with van der Waals surface area (Å²) in [5, 5.41) is 13.4. The first-order chi connectivity index (χ1) is 9.22. The van der Waals surface area contributed by atoms with Crippen molar-refractivity contribution < 1.29 is 19.3 Å². The number of nitrogens with one attached hydrogen (secondary N) is 1.